The number of nitrogens with zero attached hydrogens (tertiary/aromatic N) is 1. The van der Waals surface area contributed by atoms with Crippen molar-refractivity contribution in [3.05, 3.63) is 28.8 Å². The highest BCUT2D eigenvalue weighted by Crippen LogP contribution is 2.22. The minimum Gasteiger partial charge on any atom is -0.339 e. The van der Waals surface area contributed by atoms with E-state index in [1.54, 1.807) is 4.90 Å². The lowest BCUT2D eigenvalue weighted by molar-refractivity contribution is 0.0745. The lowest BCUT2D eigenvalue weighted by atomic mass is 10.1. The van der Waals surface area contributed by atoms with Crippen molar-refractivity contribution in [2.45, 2.75) is 25.7 Å². The van der Waals surface area contributed by atoms with Crippen molar-refractivity contribution in [3.8, 4) is 0 Å². The van der Waals surface area contributed by atoms with Crippen LogP contribution in [0, 0.1) is 5.92 Å². The smallest absolute Gasteiger partial charge is 0.255 e. The van der Waals surface area contributed by atoms with E-state index >= 15 is 0 Å². The predicted molar refractivity (Wildman–Crippen MR) is 79.2 cm³/mol. The van der Waals surface area contributed by atoms with Gasteiger partial charge in [0.05, 0.1) is 15.5 Å². The zero-order chi connectivity index (χ0) is 15.5. The molecule has 0 aliphatic rings. The van der Waals surface area contributed by atoms with Crippen molar-refractivity contribution in [2.75, 3.05) is 13.1 Å². The molecule has 1 amide bonds. The number of halogens is 1. The van der Waals surface area contributed by atoms with E-state index in [1.807, 2.05) is 20.8 Å². The molecule has 1 rings (SSSR count). The van der Waals surface area contributed by atoms with Crippen molar-refractivity contribution in [1.82, 2.24) is 4.90 Å². The maximum absolute atomic E-state index is 12.4. The number of hydrogen-bond donors (Lipinski definition) is 1. The van der Waals surface area contributed by atoms with Crippen LogP contribution in [0.2, 0.25) is 5.02 Å². The SMILES string of the molecule is CCN(CC(C)C)C(=O)c1cc(S(N)(=O)=O)ccc1Cl. The van der Waals surface area contributed by atoms with Gasteiger partial charge >= 0.3 is 0 Å². The molecular weight excluding hydrogens is 300 g/mol. The Balaban J connectivity index is 3.21. The van der Waals surface area contributed by atoms with Crippen molar-refractivity contribution >= 4 is 27.5 Å². The Morgan fingerprint density at radius 3 is 2.45 bits per heavy atom. The first-order valence-corrected chi connectivity index (χ1v) is 8.20. The van der Waals surface area contributed by atoms with Gasteiger partial charge in [-0.1, -0.05) is 25.4 Å². The molecule has 5 nitrogen and oxygen atoms in total. The van der Waals surface area contributed by atoms with Crippen LogP contribution in [0.1, 0.15) is 31.1 Å². The normalized spacial score (nSPS) is 11.7. The highest BCUT2D eigenvalue weighted by atomic mass is 35.5. The standard InChI is InChI=1S/C13H19ClN2O3S/c1-4-16(8-9(2)3)13(17)11-7-10(20(15,18)19)5-6-12(11)14/h5-7,9H,4,8H2,1-3H3,(H2,15,18,19). The molecule has 0 saturated heterocycles. The third-order valence-corrected chi connectivity index (χ3v) is 3.99. The Labute approximate surface area is 124 Å². The van der Waals surface area contributed by atoms with Gasteiger partial charge in [-0.15, -0.1) is 0 Å². The summed E-state index contributed by atoms with van der Waals surface area (Å²) < 4.78 is 22.7. The third kappa shape index (κ3) is 4.19. The Kier molecular flexibility index (Phi) is 5.56. The number of carbonyl (C=O) groups is 1. The van der Waals surface area contributed by atoms with Gasteiger partial charge in [0.15, 0.2) is 0 Å². The van der Waals surface area contributed by atoms with E-state index in [9.17, 15) is 13.2 Å². The Morgan fingerprint density at radius 2 is 2.00 bits per heavy atom. The number of amides is 1. The van der Waals surface area contributed by atoms with Gasteiger partial charge in [-0.2, -0.15) is 0 Å². The quantitative estimate of drug-likeness (QED) is 0.902. The van der Waals surface area contributed by atoms with Gasteiger partial charge in [-0.3, -0.25) is 4.79 Å². The number of benzene rings is 1. The summed E-state index contributed by atoms with van der Waals surface area (Å²) in [5.74, 6) is 0.01000. The van der Waals surface area contributed by atoms with E-state index in [0.29, 0.717) is 19.0 Å². The molecule has 0 aliphatic carbocycles. The van der Waals surface area contributed by atoms with E-state index in [1.165, 1.54) is 18.2 Å². The molecular formula is C13H19ClN2O3S. The molecule has 0 aromatic heterocycles. The summed E-state index contributed by atoms with van der Waals surface area (Å²) in [5.41, 5.74) is 0.153. The van der Waals surface area contributed by atoms with E-state index in [4.69, 9.17) is 16.7 Å². The van der Waals surface area contributed by atoms with Gasteiger partial charge in [-0.05, 0) is 31.0 Å². The van der Waals surface area contributed by atoms with Crippen LogP contribution in [0.25, 0.3) is 0 Å². The van der Waals surface area contributed by atoms with Gasteiger partial charge in [0.25, 0.3) is 5.91 Å². The molecule has 0 unspecified atom stereocenters. The van der Waals surface area contributed by atoms with E-state index in [-0.39, 0.29) is 21.4 Å². The van der Waals surface area contributed by atoms with Gasteiger partial charge < -0.3 is 4.90 Å². The molecule has 0 saturated carbocycles. The van der Waals surface area contributed by atoms with Crippen LogP contribution in [0.5, 0.6) is 0 Å². The highest BCUT2D eigenvalue weighted by Gasteiger charge is 2.20. The Hall–Kier alpha value is -1.11. The highest BCUT2D eigenvalue weighted by molar-refractivity contribution is 7.89. The Morgan fingerprint density at radius 1 is 1.40 bits per heavy atom. The van der Waals surface area contributed by atoms with Crippen LogP contribution in [0.3, 0.4) is 0 Å². The van der Waals surface area contributed by atoms with Crippen LogP contribution in [0.4, 0.5) is 0 Å². The van der Waals surface area contributed by atoms with Crippen molar-refractivity contribution in [1.29, 1.82) is 0 Å². The van der Waals surface area contributed by atoms with Crippen molar-refractivity contribution in [2.24, 2.45) is 11.1 Å². The van der Waals surface area contributed by atoms with Gasteiger partial charge in [0.2, 0.25) is 10.0 Å². The molecule has 7 heteroatoms. The van der Waals surface area contributed by atoms with Gasteiger partial charge in [0.1, 0.15) is 0 Å². The van der Waals surface area contributed by atoms with Gasteiger partial charge in [0, 0.05) is 13.1 Å². The third-order valence-electron chi connectivity index (χ3n) is 2.75. The number of rotatable bonds is 5. The van der Waals surface area contributed by atoms with E-state index in [0.717, 1.165) is 0 Å². The van der Waals surface area contributed by atoms with Crippen molar-refractivity contribution < 1.29 is 13.2 Å². The zero-order valence-electron chi connectivity index (χ0n) is 11.8. The number of primary sulfonamides is 1. The average Bonchev–Trinajstić information content (AvgIpc) is 2.34. The number of sulfonamides is 1. The van der Waals surface area contributed by atoms with E-state index in [2.05, 4.69) is 0 Å². The van der Waals surface area contributed by atoms with Crippen LogP contribution in [-0.2, 0) is 10.0 Å². The first-order chi connectivity index (χ1) is 9.16. The molecule has 0 heterocycles. The molecule has 1 aromatic carbocycles. The average molecular weight is 319 g/mol. The van der Waals surface area contributed by atoms with Crippen molar-refractivity contribution in [3.63, 3.8) is 0 Å². The number of nitrogens with two attached hydrogens (primary N) is 1. The summed E-state index contributed by atoms with van der Waals surface area (Å²) in [5, 5.41) is 5.28. The first-order valence-electron chi connectivity index (χ1n) is 6.28. The second-order valence-corrected chi connectivity index (χ2v) is 6.89. The monoisotopic (exact) mass is 318 g/mol. The Bertz CT molecular complexity index is 600. The van der Waals surface area contributed by atoms with Crippen LogP contribution < -0.4 is 5.14 Å². The molecule has 0 atom stereocenters. The molecule has 112 valence electrons. The van der Waals surface area contributed by atoms with E-state index < -0.39 is 10.0 Å². The summed E-state index contributed by atoms with van der Waals surface area (Å²) in [7, 11) is -3.86. The van der Waals surface area contributed by atoms with Crippen LogP contribution in [0.15, 0.2) is 23.1 Å². The molecule has 0 bridgehead atoms. The molecule has 2 N–H and O–H groups in total. The summed E-state index contributed by atoms with van der Waals surface area (Å²) >= 11 is 6.00. The summed E-state index contributed by atoms with van der Waals surface area (Å²) in [4.78, 5) is 13.9. The number of hydrogen-bond acceptors (Lipinski definition) is 3. The summed E-state index contributed by atoms with van der Waals surface area (Å²) in [6.45, 7) is 6.95. The fraction of sp³-hybridized carbons (Fsp3) is 0.462. The molecule has 0 aliphatic heterocycles. The molecule has 20 heavy (non-hydrogen) atoms. The largest absolute Gasteiger partial charge is 0.339 e. The summed E-state index contributed by atoms with van der Waals surface area (Å²) in [6, 6.07) is 3.88. The maximum atomic E-state index is 12.4. The zero-order valence-corrected chi connectivity index (χ0v) is 13.3. The molecule has 1 aromatic rings. The molecule has 0 fully saturated rings. The molecule has 0 radical (unpaired) electrons. The minimum absolute atomic E-state index is 0.120. The van der Waals surface area contributed by atoms with Gasteiger partial charge in [-0.25, -0.2) is 13.6 Å². The van der Waals surface area contributed by atoms with Crippen LogP contribution in [-0.4, -0.2) is 32.3 Å². The fourth-order valence-electron chi connectivity index (χ4n) is 1.81. The number of carbonyl (C=O) groups excluding carboxylic acids is 1. The topological polar surface area (TPSA) is 80.5 Å². The lowest BCUT2D eigenvalue weighted by Gasteiger charge is -2.23. The predicted octanol–water partition coefficient (Wildman–Crippen LogP) is 2.11. The fourth-order valence-corrected chi connectivity index (χ4v) is 2.55. The van der Waals surface area contributed by atoms with Crippen LogP contribution >= 0.6 is 11.6 Å². The minimum atomic E-state index is -3.86. The summed E-state index contributed by atoms with van der Waals surface area (Å²) in [6.07, 6.45) is 0. The first kappa shape index (κ1) is 16.9. The maximum Gasteiger partial charge on any atom is 0.255 e. The molecule has 0 spiro atoms. The lowest BCUT2D eigenvalue weighted by Crippen LogP contribution is -2.34. The second-order valence-electron chi connectivity index (χ2n) is 4.92. The second kappa shape index (κ2) is 6.56.